The summed E-state index contributed by atoms with van der Waals surface area (Å²) < 4.78 is 0. The molecule has 0 fully saturated rings. The van der Waals surface area contributed by atoms with Gasteiger partial charge in [-0.25, -0.2) is 0 Å². The second-order valence-corrected chi connectivity index (χ2v) is 4.98. The van der Waals surface area contributed by atoms with Crippen molar-refractivity contribution < 1.29 is 5.11 Å². The van der Waals surface area contributed by atoms with E-state index in [4.69, 9.17) is 11.6 Å². The average Bonchev–Trinajstić information content (AvgIpc) is 2.07. The van der Waals surface area contributed by atoms with Crippen LogP contribution in [-0.4, -0.2) is 5.11 Å². The minimum absolute atomic E-state index is 0.0707. The lowest BCUT2D eigenvalue weighted by Gasteiger charge is -2.20. The standard InChI is InChI=1S/C12H17ClO/c1-5-8-6-9(12(2,3)4)7-10(13)11(8)14/h6-7,14H,5H2,1-4H3. The quantitative estimate of drug-likeness (QED) is 0.749. The van der Waals surface area contributed by atoms with Crippen LogP contribution in [0.3, 0.4) is 0 Å². The molecule has 1 nitrogen and oxygen atoms in total. The molecule has 0 atom stereocenters. The van der Waals surface area contributed by atoms with Gasteiger partial charge in [0.2, 0.25) is 0 Å². The first-order valence-electron chi connectivity index (χ1n) is 4.88. The number of aryl methyl sites for hydroxylation is 1. The Balaban J connectivity index is 3.30. The Morgan fingerprint density at radius 1 is 1.29 bits per heavy atom. The van der Waals surface area contributed by atoms with E-state index < -0.39 is 0 Å². The smallest absolute Gasteiger partial charge is 0.137 e. The van der Waals surface area contributed by atoms with Crippen molar-refractivity contribution in [2.45, 2.75) is 39.5 Å². The number of aromatic hydroxyl groups is 1. The Morgan fingerprint density at radius 3 is 2.29 bits per heavy atom. The van der Waals surface area contributed by atoms with Crippen molar-refractivity contribution in [2.24, 2.45) is 0 Å². The highest BCUT2D eigenvalue weighted by molar-refractivity contribution is 6.32. The normalized spacial score (nSPS) is 11.8. The van der Waals surface area contributed by atoms with Gasteiger partial charge in [0.15, 0.2) is 0 Å². The van der Waals surface area contributed by atoms with Crippen molar-refractivity contribution in [3.05, 3.63) is 28.3 Å². The van der Waals surface area contributed by atoms with Crippen molar-refractivity contribution in [1.29, 1.82) is 0 Å². The minimum Gasteiger partial charge on any atom is -0.506 e. The Labute approximate surface area is 90.7 Å². The fraction of sp³-hybridized carbons (Fsp3) is 0.500. The molecule has 1 N–H and O–H groups in total. The third-order valence-corrected chi connectivity index (χ3v) is 2.68. The third kappa shape index (κ3) is 2.21. The highest BCUT2D eigenvalue weighted by Gasteiger charge is 2.17. The molecule has 14 heavy (non-hydrogen) atoms. The van der Waals surface area contributed by atoms with Gasteiger partial charge in [-0.15, -0.1) is 0 Å². The molecular weight excluding hydrogens is 196 g/mol. The summed E-state index contributed by atoms with van der Waals surface area (Å²) in [6.45, 7) is 8.41. The Bertz CT molecular complexity index is 337. The largest absolute Gasteiger partial charge is 0.506 e. The molecule has 0 bridgehead atoms. The Hall–Kier alpha value is -0.690. The van der Waals surface area contributed by atoms with Gasteiger partial charge in [-0.1, -0.05) is 45.4 Å². The summed E-state index contributed by atoms with van der Waals surface area (Å²) in [5.41, 5.74) is 2.15. The first-order chi connectivity index (χ1) is 6.36. The van der Waals surface area contributed by atoms with E-state index in [1.807, 2.05) is 19.1 Å². The van der Waals surface area contributed by atoms with Crippen molar-refractivity contribution in [1.82, 2.24) is 0 Å². The summed E-state index contributed by atoms with van der Waals surface area (Å²) in [5.74, 6) is 0.224. The van der Waals surface area contributed by atoms with Crippen molar-refractivity contribution >= 4 is 11.6 Å². The molecule has 0 amide bonds. The van der Waals surface area contributed by atoms with Crippen LogP contribution in [0.15, 0.2) is 12.1 Å². The van der Waals surface area contributed by atoms with E-state index in [0.717, 1.165) is 17.5 Å². The zero-order chi connectivity index (χ0) is 10.9. The van der Waals surface area contributed by atoms with Crippen LogP contribution in [0.2, 0.25) is 5.02 Å². The lowest BCUT2D eigenvalue weighted by atomic mass is 9.86. The Morgan fingerprint density at radius 2 is 1.86 bits per heavy atom. The molecule has 0 aliphatic rings. The highest BCUT2D eigenvalue weighted by Crippen LogP contribution is 2.34. The van der Waals surface area contributed by atoms with E-state index in [1.54, 1.807) is 0 Å². The molecule has 0 heterocycles. The topological polar surface area (TPSA) is 20.2 Å². The molecule has 0 aromatic heterocycles. The first kappa shape index (κ1) is 11.4. The zero-order valence-electron chi connectivity index (χ0n) is 9.19. The van der Waals surface area contributed by atoms with Gasteiger partial charge >= 0.3 is 0 Å². The lowest BCUT2D eigenvalue weighted by Crippen LogP contribution is -2.11. The van der Waals surface area contributed by atoms with E-state index in [0.29, 0.717) is 5.02 Å². The summed E-state index contributed by atoms with van der Waals surface area (Å²) in [4.78, 5) is 0. The fourth-order valence-electron chi connectivity index (χ4n) is 1.36. The molecule has 0 saturated carbocycles. The second-order valence-electron chi connectivity index (χ2n) is 4.57. The van der Waals surface area contributed by atoms with E-state index in [2.05, 4.69) is 20.8 Å². The molecular formula is C12H17ClO. The van der Waals surface area contributed by atoms with E-state index in [-0.39, 0.29) is 11.2 Å². The monoisotopic (exact) mass is 212 g/mol. The molecule has 0 aliphatic carbocycles. The maximum Gasteiger partial charge on any atom is 0.137 e. The summed E-state index contributed by atoms with van der Waals surface area (Å²) in [7, 11) is 0. The summed E-state index contributed by atoms with van der Waals surface area (Å²) in [5, 5.41) is 10.1. The van der Waals surface area contributed by atoms with E-state index in [1.165, 1.54) is 0 Å². The number of halogens is 1. The highest BCUT2D eigenvalue weighted by atomic mass is 35.5. The molecule has 0 radical (unpaired) electrons. The molecule has 1 aromatic carbocycles. The molecule has 0 saturated heterocycles. The van der Waals surface area contributed by atoms with Gasteiger partial charge in [-0.05, 0) is 29.0 Å². The fourth-order valence-corrected chi connectivity index (χ4v) is 1.60. The molecule has 0 spiro atoms. The summed E-state index contributed by atoms with van der Waals surface area (Å²) in [6, 6.07) is 3.87. The van der Waals surface area contributed by atoms with Gasteiger partial charge in [0.05, 0.1) is 5.02 Å². The van der Waals surface area contributed by atoms with Crippen LogP contribution in [-0.2, 0) is 11.8 Å². The molecule has 1 aromatic rings. The van der Waals surface area contributed by atoms with Gasteiger partial charge in [-0.2, -0.15) is 0 Å². The molecule has 0 aliphatic heterocycles. The van der Waals surface area contributed by atoms with Crippen molar-refractivity contribution in [2.75, 3.05) is 0 Å². The second kappa shape index (κ2) is 3.82. The van der Waals surface area contributed by atoms with Crippen molar-refractivity contribution in [3.63, 3.8) is 0 Å². The van der Waals surface area contributed by atoms with Crippen molar-refractivity contribution in [3.8, 4) is 5.75 Å². The van der Waals surface area contributed by atoms with Crippen LogP contribution in [0.1, 0.15) is 38.8 Å². The number of phenols is 1. The van der Waals surface area contributed by atoms with Gasteiger partial charge in [0.1, 0.15) is 5.75 Å². The molecule has 1 rings (SSSR count). The van der Waals surface area contributed by atoms with E-state index >= 15 is 0 Å². The molecule has 0 unspecified atom stereocenters. The number of phenolic OH excluding ortho intramolecular Hbond substituents is 1. The first-order valence-corrected chi connectivity index (χ1v) is 5.26. The van der Waals surface area contributed by atoms with Crippen LogP contribution in [0.25, 0.3) is 0 Å². The van der Waals surface area contributed by atoms with Crippen LogP contribution < -0.4 is 0 Å². The predicted molar refractivity (Wildman–Crippen MR) is 61.2 cm³/mol. The SMILES string of the molecule is CCc1cc(C(C)(C)C)cc(Cl)c1O. The van der Waals surface area contributed by atoms with Gasteiger partial charge < -0.3 is 5.11 Å². The number of hydrogen-bond acceptors (Lipinski definition) is 1. The van der Waals surface area contributed by atoms with Crippen LogP contribution in [0.4, 0.5) is 0 Å². The maximum absolute atomic E-state index is 9.66. The van der Waals surface area contributed by atoms with E-state index in [9.17, 15) is 5.11 Å². The number of hydrogen-bond donors (Lipinski definition) is 1. The molecule has 2 heteroatoms. The third-order valence-electron chi connectivity index (χ3n) is 2.39. The maximum atomic E-state index is 9.66. The number of rotatable bonds is 1. The van der Waals surface area contributed by atoms with Gasteiger partial charge in [0, 0.05) is 0 Å². The Kier molecular flexibility index (Phi) is 3.10. The molecule has 78 valence electrons. The minimum atomic E-state index is 0.0707. The van der Waals surface area contributed by atoms with Gasteiger partial charge in [-0.3, -0.25) is 0 Å². The summed E-state index contributed by atoms with van der Waals surface area (Å²) >= 11 is 5.95. The predicted octanol–water partition coefficient (Wildman–Crippen LogP) is 3.91. The lowest BCUT2D eigenvalue weighted by molar-refractivity contribution is 0.467. The average molecular weight is 213 g/mol. The van der Waals surface area contributed by atoms with Gasteiger partial charge in [0.25, 0.3) is 0 Å². The number of benzene rings is 1. The van der Waals surface area contributed by atoms with Crippen LogP contribution in [0, 0.1) is 0 Å². The zero-order valence-corrected chi connectivity index (χ0v) is 9.94. The van der Waals surface area contributed by atoms with Crippen LogP contribution in [0.5, 0.6) is 5.75 Å². The van der Waals surface area contributed by atoms with Crippen LogP contribution >= 0.6 is 11.6 Å². The summed E-state index contributed by atoms with van der Waals surface area (Å²) in [6.07, 6.45) is 0.801.